The summed E-state index contributed by atoms with van der Waals surface area (Å²) in [5.74, 6) is 0. The zero-order valence-electron chi connectivity index (χ0n) is 39.8. The predicted octanol–water partition coefficient (Wildman–Crippen LogP) is 19.9. The largest absolute Gasteiger partial charge is 0.454 e. The lowest BCUT2D eigenvalue weighted by Crippen LogP contribution is -2.08. The monoisotopic (exact) mass is 988 g/mol. The first-order valence-corrected chi connectivity index (χ1v) is 26.6. The van der Waals surface area contributed by atoms with Gasteiger partial charge in [-0.1, -0.05) is 188 Å². The van der Waals surface area contributed by atoms with E-state index < -0.39 is 0 Å². The molecule has 0 aliphatic rings. The highest BCUT2D eigenvalue weighted by Crippen LogP contribution is 2.55. The number of hydrogen-bond donors (Lipinski definition) is 0. The molecule has 0 aliphatic heterocycles. The van der Waals surface area contributed by atoms with E-state index >= 15 is 0 Å². The van der Waals surface area contributed by atoms with Crippen molar-refractivity contribution >= 4 is 134 Å². The summed E-state index contributed by atoms with van der Waals surface area (Å²) < 4.78 is 16.3. The van der Waals surface area contributed by atoms with Crippen molar-refractivity contribution in [2.75, 3.05) is 0 Å². The van der Waals surface area contributed by atoms with Crippen molar-refractivity contribution in [3.63, 3.8) is 0 Å². The van der Waals surface area contributed by atoms with Crippen LogP contribution in [0.15, 0.2) is 223 Å². The van der Waals surface area contributed by atoms with Crippen LogP contribution in [0.2, 0.25) is 0 Å². The number of thiophene rings is 2. The lowest BCUT2D eigenvalue weighted by Gasteiger charge is -2.26. The SMILES string of the molecule is [C-]#[N+]c1c(-c2ccccc2)c(-n2c3c(ccc4c5ccccc5sc43)c3ccc4c5ccccc5sc4c32)c(-c2ccccc2)c(C#N)c1-n1c2cc(-c3ccccc3)ccc2c2ccc3c4ccccc4oc3c21. The molecule has 0 N–H and O–H groups in total. The van der Waals surface area contributed by atoms with Crippen LogP contribution in [0.4, 0.5) is 5.69 Å². The van der Waals surface area contributed by atoms with Crippen LogP contribution in [0.5, 0.6) is 0 Å². The molecule has 7 heteroatoms. The number of furan rings is 1. The van der Waals surface area contributed by atoms with Gasteiger partial charge in [0.15, 0.2) is 5.58 Å². The van der Waals surface area contributed by atoms with Crippen LogP contribution in [-0.4, -0.2) is 9.13 Å². The van der Waals surface area contributed by atoms with E-state index in [2.05, 4.69) is 197 Å². The lowest BCUT2D eigenvalue weighted by atomic mass is 9.88. The maximum absolute atomic E-state index is 12.4. The Hall–Kier alpha value is -9.76. The summed E-state index contributed by atoms with van der Waals surface area (Å²) in [4.78, 5) is 4.73. The fourth-order valence-electron chi connectivity index (χ4n) is 12.2. The normalized spacial score (nSPS) is 12.0. The van der Waals surface area contributed by atoms with E-state index in [0.29, 0.717) is 22.5 Å². The van der Waals surface area contributed by atoms with Crippen molar-refractivity contribution in [1.82, 2.24) is 9.13 Å². The van der Waals surface area contributed by atoms with Crippen molar-refractivity contribution in [3.8, 4) is 50.8 Å². The summed E-state index contributed by atoms with van der Waals surface area (Å²) >= 11 is 3.60. The van der Waals surface area contributed by atoms with E-state index in [0.717, 1.165) is 108 Å². The highest BCUT2D eigenvalue weighted by atomic mass is 32.1. The van der Waals surface area contributed by atoms with Gasteiger partial charge in [0.05, 0.1) is 55.0 Å². The van der Waals surface area contributed by atoms with Crippen LogP contribution in [-0.2, 0) is 0 Å². The first-order valence-electron chi connectivity index (χ1n) is 24.9. The van der Waals surface area contributed by atoms with Gasteiger partial charge in [0.25, 0.3) is 0 Å². The van der Waals surface area contributed by atoms with Crippen molar-refractivity contribution in [2.45, 2.75) is 0 Å². The molecule has 0 atom stereocenters. The number of para-hydroxylation sites is 1. The topological polar surface area (TPSA) is 51.1 Å². The predicted molar refractivity (Wildman–Crippen MR) is 315 cm³/mol. The first-order chi connectivity index (χ1) is 37.2. The van der Waals surface area contributed by atoms with Gasteiger partial charge < -0.3 is 13.6 Å². The second kappa shape index (κ2) is 15.9. The zero-order chi connectivity index (χ0) is 49.5. The first kappa shape index (κ1) is 41.8. The van der Waals surface area contributed by atoms with E-state index in [9.17, 15) is 11.8 Å². The molecule has 5 nitrogen and oxygen atoms in total. The van der Waals surface area contributed by atoms with Crippen LogP contribution in [0.25, 0.3) is 155 Å². The van der Waals surface area contributed by atoms with E-state index in [4.69, 9.17) is 9.26 Å². The maximum atomic E-state index is 12.4. The molecule has 0 radical (unpaired) electrons. The second-order valence-corrected chi connectivity index (χ2v) is 21.3. The average molecular weight is 989 g/mol. The quantitative estimate of drug-likeness (QED) is 0.161. The van der Waals surface area contributed by atoms with Crippen molar-refractivity contribution in [1.29, 1.82) is 5.26 Å². The Morgan fingerprint density at radius 3 is 1.51 bits per heavy atom. The molecule has 0 amide bonds. The van der Waals surface area contributed by atoms with Crippen LogP contribution in [0, 0.1) is 17.9 Å². The molecule has 0 aliphatic carbocycles. The molecule has 0 saturated carbocycles. The summed E-state index contributed by atoms with van der Waals surface area (Å²) in [5, 5.41) is 23.3. The molecule has 75 heavy (non-hydrogen) atoms. The lowest BCUT2D eigenvalue weighted by molar-refractivity contribution is 0.671. The van der Waals surface area contributed by atoms with Crippen molar-refractivity contribution in [3.05, 3.63) is 235 Å². The van der Waals surface area contributed by atoms with E-state index in [1.165, 1.54) is 30.9 Å². The Bertz CT molecular complexity index is 4990. The summed E-state index contributed by atoms with van der Waals surface area (Å²) in [6.45, 7) is 9.70. The number of nitrogens with zero attached hydrogens (tertiary/aromatic N) is 4. The molecule has 5 heterocycles. The van der Waals surface area contributed by atoms with Crippen molar-refractivity contribution in [2.24, 2.45) is 0 Å². The van der Waals surface area contributed by atoms with Gasteiger partial charge in [-0.05, 0) is 52.6 Å². The molecular formula is C68H36N4OS2. The fourth-order valence-corrected chi connectivity index (χ4v) is 14.7. The van der Waals surface area contributed by atoms with E-state index in [1.54, 1.807) is 22.7 Å². The van der Waals surface area contributed by atoms with E-state index in [1.807, 2.05) is 36.4 Å². The van der Waals surface area contributed by atoms with Gasteiger partial charge in [-0.2, -0.15) is 5.26 Å². The maximum Gasteiger partial charge on any atom is 0.221 e. The summed E-state index contributed by atoms with van der Waals surface area (Å²) in [5.41, 5.74) is 12.5. The second-order valence-electron chi connectivity index (χ2n) is 19.2. The number of aromatic nitrogens is 2. The Kier molecular flexibility index (Phi) is 8.85. The minimum atomic E-state index is 0.367. The number of fused-ring (bicyclic) bond motifs is 18. The van der Waals surface area contributed by atoms with Crippen LogP contribution in [0.3, 0.4) is 0 Å². The van der Waals surface area contributed by atoms with Gasteiger partial charge in [-0.25, -0.2) is 4.85 Å². The summed E-state index contributed by atoms with van der Waals surface area (Å²) in [6.07, 6.45) is 0. The highest BCUT2D eigenvalue weighted by Gasteiger charge is 2.34. The third-order valence-corrected chi connectivity index (χ3v) is 17.8. The number of benzene rings is 11. The number of hydrogen-bond acceptors (Lipinski definition) is 4. The minimum Gasteiger partial charge on any atom is -0.454 e. The number of nitriles is 1. The number of rotatable bonds is 5. The molecular weight excluding hydrogens is 953 g/mol. The van der Waals surface area contributed by atoms with Crippen molar-refractivity contribution < 1.29 is 4.42 Å². The molecule has 0 unspecified atom stereocenters. The van der Waals surface area contributed by atoms with Gasteiger partial charge in [0, 0.05) is 74.4 Å². The molecule has 0 fully saturated rings. The zero-order valence-corrected chi connectivity index (χ0v) is 41.4. The van der Waals surface area contributed by atoms with Crippen LogP contribution >= 0.6 is 22.7 Å². The molecule has 0 saturated heterocycles. The molecule has 5 aromatic heterocycles. The average Bonchev–Trinajstić information content (AvgIpc) is 4.43. The Labute approximate surface area is 436 Å². The third-order valence-electron chi connectivity index (χ3n) is 15.4. The molecule has 11 aromatic carbocycles. The fraction of sp³-hybridized carbons (Fsp3) is 0. The highest BCUT2D eigenvalue weighted by molar-refractivity contribution is 7.27. The molecule has 16 aromatic rings. The molecule has 16 rings (SSSR count). The third kappa shape index (κ3) is 5.79. The molecule has 0 spiro atoms. The minimum absolute atomic E-state index is 0.367. The summed E-state index contributed by atoms with van der Waals surface area (Å²) in [7, 11) is 0. The van der Waals surface area contributed by atoms with Crippen LogP contribution in [0.1, 0.15) is 5.56 Å². The standard InChI is InChI=1S/C68H36N4OS2/c1-70-60-59(41-21-9-4-10-22-41)65(72-63-48(32-35-51-45-24-12-15-27-56(45)74-67(51)63)49-33-36-52-46-25-13-16-28-57(46)75-68(52)64(49)72)58(40-19-7-3-8-20-40)53(38-69)61(60)71-54-37-42(39-17-5-2-6-18-39)29-30-43(54)47-31-34-50-44-23-11-14-26-55(44)73-66(50)62(47)71/h2-37H. The van der Waals surface area contributed by atoms with Gasteiger partial charge >= 0.3 is 0 Å². The summed E-state index contributed by atoms with van der Waals surface area (Å²) in [6, 6.07) is 79.5. The Balaban J connectivity index is 1.19. The van der Waals surface area contributed by atoms with Gasteiger partial charge in [0.1, 0.15) is 11.7 Å². The van der Waals surface area contributed by atoms with Gasteiger partial charge in [0.2, 0.25) is 5.69 Å². The Morgan fingerprint density at radius 2 is 0.907 bits per heavy atom. The Morgan fingerprint density at radius 1 is 0.413 bits per heavy atom. The van der Waals surface area contributed by atoms with Crippen LogP contribution < -0.4 is 0 Å². The smallest absolute Gasteiger partial charge is 0.221 e. The molecule has 346 valence electrons. The van der Waals surface area contributed by atoms with Gasteiger partial charge in [-0.15, -0.1) is 22.7 Å². The van der Waals surface area contributed by atoms with E-state index in [-0.39, 0.29) is 0 Å². The van der Waals surface area contributed by atoms with Gasteiger partial charge in [-0.3, -0.25) is 0 Å². The molecule has 0 bridgehead atoms.